The van der Waals surface area contributed by atoms with Crippen LogP contribution in [0.1, 0.15) is 0 Å². The van der Waals surface area contributed by atoms with Gasteiger partial charge in [0.05, 0.1) is 6.20 Å². The minimum absolute atomic E-state index is 0.590. The van der Waals surface area contributed by atoms with Gasteiger partial charge in [-0.05, 0) is 29.5 Å². The minimum Gasteiger partial charge on any atom is -0.289 e. The van der Waals surface area contributed by atoms with Crippen LogP contribution in [0.2, 0.25) is 0 Å². The lowest BCUT2D eigenvalue weighted by Gasteiger charge is -2.09. The number of hydrogen-bond donors (Lipinski definition) is 0. The first-order chi connectivity index (χ1) is 13.9. The van der Waals surface area contributed by atoms with Crippen LogP contribution in [0.5, 0.6) is 0 Å². The van der Waals surface area contributed by atoms with E-state index in [0.717, 1.165) is 22.6 Å². The second-order valence-corrected chi connectivity index (χ2v) is 7.58. The predicted molar refractivity (Wildman–Crippen MR) is 113 cm³/mol. The lowest BCUT2D eigenvalue weighted by molar-refractivity contribution is 0.886. The highest BCUT2D eigenvalue weighted by Gasteiger charge is 2.19. The van der Waals surface area contributed by atoms with Crippen LogP contribution in [0.25, 0.3) is 48.4 Å². The van der Waals surface area contributed by atoms with Crippen LogP contribution >= 0.6 is 11.3 Å². The van der Waals surface area contributed by atoms with Crippen LogP contribution in [0.15, 0.2) is 79.0 Å². The molecular formula is C22H13N5S. The standard InChI is InChI=1S/C22H13N5S/c1-2-7-14(8-3-1)27-18-13-23-26-25-21(18)24-22(27)17-11-6-10-16-15-9-4-5-12-19(15)28-20(16)17/h1-13H. The topological polar surface area (TPSA) is 56.5 Å². The van der Waals surface area contributed by atoms with Gasteiger partial charge in [-0.2, -0.15) is 0 Å². The lowest BCUT2D eigenvalue weighted by atomic mass is 10.1. The van der Waals surface area contributed by atoms with Crippen molar-refractivity contribution in [1.82, 2.24) is 25.0 Å². The van der Waals surface area contributed by atoms with Crippen molar-refractivity contribution in [3.63, 3.8) is 0 Å². The molecule has 0 atom stereocenters. The van der Waals surface area contributed by atoms with Crippen LogP contribution in [-0.4, -0.2) is 25.0 Å². The number of hydrogen-bond acceptors (Lipinski definition) is 5. The van der Waals surface area contributed by atoms with Crippen molar-refractivity contribution in [2.75, 3.05) is 0 Å². The molecule has 0 amide bonds. The Morgan fingerprint density at radius 2 is 1.61 bits per heavy atom. The summed E-state index contributed by atoms with van der Waals surface area (Å²) in [5.74, 6) is 0.848. The molecule has 6 heteroatoms. The van der Waals surface area contributed by atoms with E-state index in [9.17, 15) is 0 Å². The molecule has 0 spiro atoms. The maximum Gasteiger partial charge on any atom is 0.204 e. The van der Waals surface area contributed by atoms with Gasteiger partial charge in [0.1, 0.15) is 11.3 Å². The molecule has 132 valence electrons. The van der Waals surface area contributed by atoms with Crippen molar-refractivity contribution in [3.05, 3.63) is 79.0 Å². The van der Waals surface area contributed by atoms with E-state index in [2.05, 4.69) is 74.6 Å². The normalized spacial score (nSPS) is 11.6. The molecule has 0 fully saturated rings. The molecule has 3 aromatic carbocycles. The van der Waals surface area contributed by atoms with Gasteiger partial charge < -0.3 is 0 Å². The summed E-state index contributed by atoms with van der Waals surface area (Å²) >= 11 is 1.79. The average molecular weight is 379 g/mol. The molecule has 6 rings (SSSR count). The summed E-state index contributed by atoms with van der Waals surface area (Å²) in [6.45, 7) is 0. The Morgan fingerprint density at radius 3 is 2.54 bits per heavy atom. The van der Waals surface area contributed by atoms with Crippen LogP contribution in [-0.2, 0) is 0 Å². The zero-order valence-electron chi connectivity index (χ0n) is 14.6. The van der Waals surface area contributed by atoms with Crippen LogP contribution in [0.4, 0.5) is 0 Å². The maximum atomic E-state index is 4.84. The molecule has 3 heterocycles. The second-order valence-electron chi connectivity index (χ2n) is 6.53. The summed E-state index contributed by atoms with van der Waals surface area (Å²) in [5, 5.41) is 14.4. The Kier molecular flexibility index (Phi) is 3.27. The molecule has 0 bridgehead atoms. The molecule has 3 aromatic heterocycles. The lowest BCUT2D eigenvalue weighted by Crippen LogP contribution is -1.98. The molecule has 0 N–H and O–H groups in total. The van der Waals surface area contributed by atoms with E-state index < -0.39 is 0 Å². The van der Waals surface area contributed by atoms with Crippen molar-refractivity contribution in [2.24, 2.45) is 0 Å². The molecule has 28 heavy (non-hydrogen) atoms. The molecule has 0 unspecified atom stereocenters. The fourth-order valence-electron chi connectivity index (χ4n) is 3.70. The molecule has 0 saturated carbocycles. The van der Waals surface area contributed by atoms with Gasteiger partial charge in [0.25, 0.3) is 0 Å². The molecule has 6 aromatic rings. The Morgan fingerprint density at radius 1 is 0.786 bits per heavy atom. The first-order valence-corrected chi connectivity index (χ1v) is 9.75. The van der Waals surface area contributed by atoms with E-state index in [1.54, 1.807) is 17.5 Å². The summed E-state index contributed by atoms with van der Waals surface area (Å²) in [4.78, 5) is 4.84. The van der Waals surface area contributed by atoms with Gasteiger partial charge in [-0.1, -0.05) is 48.5 Å². The van der Waals surface area contributed by atoms with E-state index in [-0.39, 0.29) is 0 Å². The quantitative estimate of drug-likeness (QED) is 0.412. The maximum absolute atomic E-state index is 4.84. The first kappa shape index (κ1) is 15.4. The summed E-state index contributed by atoms with van der Waals surface area (Å²) in [6.07, 6.45) is 1.72. The Bertz CT molecular complexity index is 1470. The van der Waals surface area contributed by atoms with E-state index in [4.69, 9.17) is 4.98 Å². The number of thiophene rings is 1. The third kappa shape index (κ3) is 2.18. The SMILES string of the molecule is c1ccc(-n2c(-c3cccc4c3sc3ccccc34)nc3nnncc32)cc1. The number of nitrogens with zero attached hydrogens (tertiary/aromatic N) is 5. The molecule has 0 aliphatic heterocycles. The highest BCUT2D eigenvalue weighted by atomic mass is 32.1. The largest absolute Gasteiger partial charge is 0.289 e. The van der Waals surface area contributed by atoms with Crippen molar-refractivity contribution in [2.45, 2.75) is 0 Å². The van der Waals surface area contributed by atoms with Crippen molar-refractivity contribution >= 4 is 42.7 Å². The van der Waals surface area contributed by atoms with Gasteiger partial charge in [0.2, 0.25) is 5.65 Å². The third-order valence-electron chi connectivity index (χ3n) is 4.92. The predicted octanol–water partition coefficient (Wildman–Crippen LogP) is 5.25. The van der Waals surface area contributed by atoms with Crippen molar-refractivity contribution in [1.29, 1.82) is 0 Å². The molecule has 0 aliphatic rings. The highest BCUT2D eigenvalue weighted by Crippen LogP contribution is 2.40. The molecule has 0 saturated heterocycles. The molecule has 0 aliphatic carbocycles. The zero-order valence-corrected chi connectivity index (χ0v) is 15.5. The smallest absolute Gasteiger partial charge is 0.204 e. The van der Waals surface area contributed by atoms with Crippen LogP contribution in [0.3, 0.4) is 0 Å². The van der Waals surface area contributed by atoms with Crippen LogP contribution in [0, 0.1) is 0 Å². The van der Waals surface area contributed by atoms with E-state index in [1.807, 2.05) is 18.2 Å². The molecular weight excluding hydrogens is 366 g/mol. The second kappa shape index (κ2) is 5.94. The highest BCUT2D eigenvalue weighted by molar-refractivity contribution is 7.26. The van der Waals surface area contributed by atoms with Gasteiger partial charge in [0.15, 0.2) is 0 Å². The zero-order chi connectivity index (χ0) is 18.5. The van der Waals surface area contributed by atoms with E-state index >= 15 is 0 Å². The van der Waals surface area contributed by atoms with Crippen molar-refractivity contribution in [3.8, 4) is 17.1 Å². The molecule has 5 nitrogen and oxygen atoms in total. The number of aromatic nitrogens is 5. The summed E-state index contributed by atoms with van der Waals surface area (Å²) in [7, 11) is 0. The first-order valence-electron chi connectivity index (χ1n) is 8.93. The van der Waals surface area contributed by atoms with Gasteiger partial charge >= 0.3 is 0 Å². The number of rotatable bonds is 2. The summed E-state index contributed by atoms with van der Waals surface area (Å²) in [6, 6.07) is 25.1. The Hall–Kier alpha value is -3.64. The summed E-state index contributed by atoms with van der Waals surface area (Å²) in [5.41, 5.74) is 3.54. The van der Waals surface area contributed by atoms with E-state index in [0.29, 0.717) is 5.65 Å². The molecule has 0 radical (unpaired) electrons. The Labute approximate surface area is 163 Å². The number of imidazole rings is 1. The van der Waals surface area contributed by atoms with Gasteiger partial charge in [0, 0.05) is 31.4 Å². The van der Waals surface area contributed by atoms with Crippen molar-refractivity contribution < 1.29 is 0 Å². The average Bonchev–Trinajstić information content (AvgIpc) is 3.33. The fourth-order valence-corrected chi connectivity index (χ4v) is 4.91. The van der Waals surface area contributed by atoms with Gasteiger partial charge in [-0.25, -0.2) is 4.98 Å². The fraction of sp³-hybridized carbons (Fsp3) is 0. The summed E-state index contributed by atoms with van der Waals surface area (Å²) < 4.78 is 4.60. The minimum atomic E-state index is 0.590. The number of benzene rings is 3. The van der Waals surface area contributed by atoms with E-state index in [1.165, 1.54) is 20.2 Å². The number of fused-ring (bicyclic) bond motifs is 4. The van der Waals surface area contributed by atoms with Gasteiger partial charge in [-0.3, -0.25) is 4.57 Å². The monoisotopic (exact) mass is 379 g/mol. The number of para-hydroxylation sites is 1. The van der Waals surface area contributed by atoms with Gasteiger partial charge in [-0.15, -0.1) is 21.5 Å². The van der Waals surface area contributed by atoms with Crippen LogP contribution < -0.4 is 0 Å². The third-order valence-corrected chi connectivity index (χ3v) is 6.14. The Balaban J connectivity index is 1.74.